The molecule has 2 unspecified atom stereocenters. The van der Waals surface area contributed by atoms with Crippen molar-refractivity contribution >= 4 is 17.5 Å². The lowest BCUT2D eigenvalue weighted by Gasteiger charge is -2.24. The van der Waals surface area contributed by atoms with E-state index < -0.39 is 0 Å². The molecule has 0 fully saturated rings. The van der Waals surface area contributed by atoms with Gasteiger partial charge in [0.25, 0.3) is 0 Å². The first-order chi connectivity index (χ1) is 9.70. The molecule has 0 aliphatic heterocycles. The maximum absolute atomic E-state index is 12.0. The minimum atomic E-state index is 0.0663. The normalized spacial score (nSPS) is 21.9. The van der Waals surface area contributed by atoms with Crippen LogP contribution in [0, 0.1) is 11.8 Å². The zero-order valence-corrected chi connectivity index (χ0v) is 13.0. The van der Waals surface area contributed by atoms with Crippen LogP contribution in [0.25, 0.3) is 0 Å². The van der Waals surface area contributed by atoms with Gasteiger partial charge < -0.3 is 4.74 Å². The number of carbonyl (C=O) groups excluding carboxylic acids is 1. The molecule has 1 aliphatic carbocycles. The number of rotatable bonds is 6. The monoisotopic (exact) mass is 290 g/mol. The molecule has 0 radical (unpaired) electrons. The highest BCUT2D eigenvalue weighted by Gasteiger charge is 2.18. The van der Waals surface area contributed by atoms with E-state index in [1.54, 1.807) is 11.8 Å². The number of ketones is 1. The van der Waals surface area contributed by atoms with Crippen LogP contribution >= 0.6 is 11.8 Å². The molecule has 2 nitrogen and oxygen atoms in total. The van der Waals surface area contributed by atoms with Crippen LogP contribution in [0.1, 0.15) is 30.1 Å². The van der Waals surface area contributed by atoms with Crippen LogP contribution in [0.15, 0.2) is 41.3 Å². The van der Waals surface area contributed by atoms with Gasteiger partial charge in [0.15, 0.2) is 5.78 Å². The third-order valence-corrected chi connectivity index (χ3v) is 4.64. The summed E-state index contributed by atoms with van der Waals surface area (Å²) in [5.41, 5.74) is 0.736. The third-order valence-electron chi connectivity index (χ3n) is 3.90. The molecule has 0 saturated carbocycles. The fourth-order valence-corrected chi connectivity index (χ4v) is 2.81. The zero-order valence-electron chi connectivity index (χ0n) is 12.2. The van der Waals surface area contributed by atoms with E-state index in [0.717, 1.165) is 18.4 Å². The number of ether oxygens (including phenoxy) is 1. The molecule has 0 aromatic heterocycles. The Hall–Kier alpha value is -1.06. The van der Waals surface area contributed by atoms with Crippen LogP contribution in [0.4, 0.5) is 0 Å². The van der Waals surface area contributed by atoms with E-state index in [2.05, 4.69) is 19.1 Å². The van der Waals surface area contributed by atoms with E-state index in [1.807, 2.05) is 30.5 Å². The lowest BCUT2D eigenvalue weighted by atomic mass is 9.85. The topological polar surface area (TPSA) is 26.3 Å². The Bertz CT molecular complexity index is 464. The maximum atomic E-state index is 12.0. The predicted octanol–water partition coefficient (Wildman–Crippen LogP) is 4.21. The minimum absolute atomic E-state index is 0.0663. The smallest absolute Gasteiger partial charge is 0.188 e. The number of benzene rings is 1. The summed E-state index contributed by atoms with van der Waals surface area (Å²) in [6.45, 7) is 3.12. The molecule has 3 heteroatoms. The predicted molar refractivity (Wildman–Crippen MR) is 84.4 cm³/mol. The van der Waals surface area contributed by atoms with Crippen molar-refractivity contribution < 1.29 is 9.53 Å². The summed E-state index contributed by atoms with van der Waals surface area (Å²) in [6.07, 6.45) is 8.67. The quantitative estimate of drug-likeness (QED) is 0.446. The molecule has 20 heavy (non-hydrogen) atoms. The summed E-state index contributed by atoms with van der Waals surface area (Å²) >= 11 is 1.68. The number of Topliss-reactive ketones (excluding diaryl/α,β-unsaturated/α-hetero) is 1. The van der Waals surface area contributed by atoms with Crippen LogP contribution < -0.4 is 0 Å². The molecule has 1 aliphatic rings. The van der Waals surface area contributed by atoms with Gasteiger partial charge in [-0.15, -0.1) is 11.8 Å². The van der Waals surface area contributed by atoms with E-state index in [-0.39, 0.29) is 12.4 Å². The van der Waals surface area contributed by atoms with Crippen molar-refractivity contribution in [3.05, 3.63) is 42.0 Å². The Kier molecular flexibility index (Phi) is 5.86. The van der Waals surface area contributed by atoms with Gasteiger partial charge in [-0.1, -0.05) is 31.2 Å². The number of hydrogen-bond donors (Lipinski definition) is 0. The minimum Gasteiger partial charge on any atom is -0.373 e. The van der Waals surface area contributed by atoms with Crippen LogP contribution in [0.3, 0.4) is 0 Å². The zero-order chi connectivity index (χ0) is 14.4. The molecule has 2 rings (SSSR count). The Morgan fingerprint density at radius 2 is 1.95 bits per heavy atom. The molecule has 108 valence electrons. The number of carbonyl (C=O) groups is 1. The summed E-state index contributed by atoms with van der Waals surface area (Å²) in [7, 11) is 0. The summed E-state index contributed by atoms with van der Waals surface area (Å²) in [4.78, 5) is 13.2. The molecule has 2 atom stereocenters. The SMILES string of the molecule is CSc1ccc(C(=O)COCC2CC=CCC2C)cc1. The van der Waals surface area contributed by atoms with Gasteiger partial charge in [0.2, 0.25) is 0 Å². The van der Waals surface area contributed by atoms with Gasteiger partial charge in [-0.2, -0.15) is 0 Å². The number of hydrogen-bond acceptors (Lipinski definition) is 3. The maximum Gasteiger partial charge on any atom is 0.188 e. The molecule has 0 amide bonds. The van der Waals surface area contributed by atoms with E-state index in [9.17, 15) is 4.79 Å². The Balaban J connectivity index is 1.78. The van der Waals surface area contributed by atoms with E-state index in [4.69, 9.17) is 4.74 Å². The van der Waals surface area contributed by atoms with Crippen molar-refractivity contribution in [2.45, 2.75) is 24.7 Å². The Morgan fingerprint density at radius 1 is 1.25 bits per heavy atom. The summed E-state index contributed by atoms with van der Waals surface area (Å²) in [5, 5.41) is 0. The van der Waals surface area contributed by atoms with Crippen LogP contribution in [-0.2, 0) is 4.74 Å². The molecule has 0 heterocycles. The van der Waals surface area contributed by atoms with Crippen LogP contribution in [0.5, 0.6) is 0 Å². The van der Waals surface area contributed by atoms with Gasteiger partial charge in [-0.3, -0.25) is 4.79 Å². The van der Waals surface area contributed by atoms with Gasteiger partial charge in [-0.05, 0) is 43.1 Å². The Morgan fingerprint density at radius 3 is 2.60 bits per heavy atom. The summed E-state index contributed by atoms with van der Waals surface area (Å²) in [5.74, 6) is 1.26. The highest BCUT2D eigenvalue weighted by molar-refractivity contribution is 7.98. The third kappa shape index (κ3) is 4.22. The first-order valence-electron chi connectivity index (χ1n) is 7.10. The molecule has 0 saturated heterocycles. The van der Waals surface area contributed by atoms with Crippen molar-refractivity contribution in [3.8, 4) is 0 Å². The largest absolute Gasteiger partial charge is 0.373 e. The molecular weight excluding hydrogens is 268 g/mol. The van der Waals surface area contributed by atoms with E-state index in [1.165, 1.54) is 4.90 Å². The Labute approximate surface area is 125 Å². The fraction of sp³-hybridized carbons (Fsp3) is 0.471. The molecule has 1 aromatic rings. The lowest BCUT2D eigenvalue weighted by Crippen LogP contribution is -2.21. The average Bonchev–Trinajstić information content (AvgIpc) is 2.49. The highest BCUT2D eigenvalue weighted by atomic mass is 32.2. The second-order valence-electron chi connectivity index (χ2n) is 5.35. The lowest BCUT2D eigenvalue weighted by molar-refractivity contribution is 0.0602. The van der Waals surface area contributed by atoms with Crippen molar-refractivity contribution in [2.24, 2.45) is 11.8 Å². The van der Waals surface area contributed by atoms with Crippen LogP contribution in [0.2, 0.25) is 0 Å². The molecule has 1 aromatic carbocycles. The second kappa shape index (κ2) is 7.65. The van der Waals surface area contributed by atoms with Gasteiger partial charge in [0.05, 0.1) is 6.61 Å². The van der Waals surface area contributed by atoms with Gasteiger partial charge >= 0.3 is 0 Å². The summed E-state index contributed by atoms with van der Waals surface area (Å²) < 4.78 is 5.63. The highest BCUT2D eigenvalue weighted by Crippen LogP contribution is 2.25. The second-order valence-corrected chi connectivity index (χ2v) is 6.23. The van der Waals surface area contributed by atoms with Gasteiger partial charge in [-0.25, -0.2) is 0 Å². The van der Waals surface area contributed by atoms with Crippen molar-refractivity contribution in [1.29, 1.82) is 0 Å². The average molecular weight is 290 g/mol. The van der Waals surface area contributed by atoms with Crippen molar-refractivity contribution in [2.75, 3.05) is 19.5 Å². The van der Waals surface area contributed by atoms with Crippen LogP contribution in [-0.4, -0.2) is 25.3 Å². The van der Waals surface area contributed by atoms with Gasteiger partial charge in [0, 0.05) is 10.5 Å². The van der Waals surface area contributed by atoms with E-state index in [0.29, 0.717) is 18.4 Å². The summed E-state index contributed by atoms with van der Waals surface area (Å²) in [6, 6.07) is 7.71. The first-order valence-corrected chi connectivity index (χ1v) is 8.33. The standard InChI is InChI=1S/C17H22O2S/c1-13-5-3-4-6-15(13)11-19-12-17(18)14-7-9-16(20-2)10-8-14/h3-4,7-10,13,15H,5-6,11-12H2,1-2H3. The number of allylic oxidation sites excluding steroid dienone is 2. The fourth-order valence-electron chi connectivity index (χ4n) is 2.40. The van der Waals surface area contributed by atoms with E-state index >= 15 is 0 Å². The molecule has 0 spiro atoms. The first kappa shape index (κ1) is 15.3. The van der Waals surface area contributed by atoms with Crippen molar-refractivity contribution in [3.63, 3.8) is 0 Å². The van der Waals surface area contributed by atoms with Gasteiger partial charge in [0.1, 0.15) is 6.61 Å². The van der Waals surface area contributed by atoms with Crippen molar-refractivity contribution in [1.82, 2.24) is 0 Å². The number of thioether (sulfide) groups is 1. The molecule has 0 N–H and O–H groups in total. The molecule has 0 bridgehead atoms. The molecular formula is C17H22O2S.